The van der Waals surface area contributed by atoms with Crippen LogP contribution in [0.5, 0.6) is 0 Å². The zero-order chi connectivity index (χ0) is 18.3. The van der Waals surface area contributed by atoms with Gasteiger partial charge >= 0.3 is 71.1 Å². The fourth-order valence-electron chi connectivity index (χ4n) is 3.21. The molecule has 0 amide bonds. The molecule has 0 aliphatic carbocycles. The predicted octanol–water partition coefficient (Wildman–Crippen LogP) is -2.66. The van der Waals surface area contributed by atoms with Crippen molar-refractivity contribution in [3.05, 3.63) is 78.0 Å². The van der Waals surface area contributed by atoms with E-state index in [1.165, 1.54) is 12.1 Å². The van der Waals surface area contributed by atoms with E-state index < -0.39 is 17.4 Å². The van der Waals surface area contributed by atoms with Crippen molar-refractivity contribution in [1.29, 1.82) is 0 Å². The number of carbonyl (C=O) groups is 2. The SMILES string of the molecule is O=C(O)C1(C(=O)O)C=C(c2ccc3ccccc3n2)Nc2ccccc21.[H-].[H-].[Na+].[Na+]. The Hall–Kier alpha value is -1.67. The summed E-state index contributed by atoms with van der Waals surface area (Å²) in [5.41, 5.74) is 0.00580. The quantitative estimate of drug-likeness (QED) is 0.331. The molecule has 28 heavy (non-hydrogen) atoms. The van der Waals surface area contributed by atoms with Gasteiger partial charge in [-0.2, -0.15) is 0 Å². The molecule has 132 valence electrons. The van der Waals surface area contributed by atoms with Crippen molar-refractivity contribution < 1.29 is 81.8 Å². The maximum Gasteiger partial charge on any atom is 1.00 e. The van der Waals surface area contributed by atoms with E-state index in [0.29, 0.717) is 17.1 Å². The molecule has 4 rings (SSSR count). The second-order valence-electron chi connectivity index (χ2n) is 6.04. The number of aromatic nitrogens is 1. The van der Waals surface area contributed by atoms with Gasteiger partial charge in [-0.3, -0.25) is 9.59 Å². The maximum absolute atomic E-state index is 12.0. The van der Waals surface area contributed by atoms with Gasteiger partial charge in [0.1, 0.15) is 0 Å². The third kappa shape index (κ3) is 3.64. The number of benzene rings is 2. The van der Waals surface area contributed by atoms with E-state index in [4.69, 9.17) is 0 Å². The van der Waals surface area contributed by atoms with Crippen molar-refractivity contribution in [3.8, 4) is 0 Å². The molecule has 0 bridgehead atoms. The number of aliphatic carboxylic acids is 2. The summed E-state index contributed by atoms with van der Waals surface area (Å²) in [7, 11) is 0. The molecule has 2 heterocycles. The van der Waals surface area contributed by atoms with Crippen LogP contribution in [0.1, 0.15) is 14.1 Å². The number of carboxylic acids is 2. The molecule has 0 unspecified atom stereocenters. The van der Waals surface area contributed by atoms with Crippen LogP contribution in [-0.2, 0) is 15.0 Å². The van der Waals surface area contributed by atoms with Gasteiger partial charge in [0.15, 0.2) is 0 Å². The second-order valence-corrected chi connectivity index (χ2v) is 6.04. The third-order valence-electron chi connectivity index (χ3n) is 4.53. The Bertz CT molecular complexity index is 1090. The Morgan fingerprint density at radius 1 is 0.893 bits per heavy atom. The summed E-state index contributed by atoms with van der Waals surface area (Å²) < 4.78 is 0. The zero-order valence-corrected chi connectivity index (χ0v) is 19.5. The van der Waals surface area contributed by atoms with Gasteiger partial charge in [0.25, 0.3) is 0 Å². The number of anilines is 1. The van der Waals surface area contributed by atoms with E-state index in [1.54, 1.807) is 24.3 Å². The van der Waals surface area contributed by atoms with Crippen LogP contribution in [0.3, 0.4) is 0 Å². The number of nitrogens with zero attached hydrogens (tertiary/aromatic N) is 1. The molecule has 1 aliphatic rings. The summed E-state index contributed by atoms with van der Waals surface area (Å²) in [5, 5.41) is 23.6. The minimum absolute atomic E-state index is 0. The monoisotopic (exact) mass is 394 g/mol. The van der Waals surface area contributed by atoms with Gasteiger partial charge in [-0.15, -0.1) is 0 Å². The zero-order valence-electron chi connectivity index (χ0n) is 17.5. The molecule has 8 heteroatoms. The summed E-state index contributed by atoms with van der Waals surface area (Å²) in [6.07, 6.45) is 1.22. The first-order valence-corrected chi connectivity index (χ1v) is 7.95. The van der Waals surface area contributed by atoms with Crippen LogP contribution < -0.4 is 64.4 Å². The van der Waals surface area contributed by atoms with Gasteiger partial charge < -0.3 is 18.4 Å². The topological polar surface area (TPSA) is 99.5 Å². The number of rotatable bonds is 3. The Morgan fingerprint density at radius 2 is 1.54 bits per heavy atom. The smallest absolute Gasteiger partial charge is 1.00 e. The first-order chi connectivity index (χ1) is 12.5. The first kappa shape index (κ1) is 22.6. The number of para-hydroxylation sites is 2. The molecule has 3 aromatic rings. The molecule has 2 aromatic carbocycles. The molecule has 6 nitrogen and oxygen atoms in total. The molecule has 0 radical (unpaired) electrons. The van der Waals surface area contributed by atoms with Crippen molar-refractivity contribution in [2.24, 2.45) is 0 Å². The number of nitrogens with one attached hydrogen (secondary N) is 1. The van der Waals surface area contributed by atoms with Crippen LogP contribution in [0.2, 0.25) is 0 Å². The van der Waals surface area contributed by atoms with E-state index in [9.17, 15) is 19.8 Å². The average molecular weight is 394 g/mol. The first-order valence-electron chi connectivity index (χ1n) is 7.95. The van der Waals surface area contributed by atoms with Crippen molar-refractivity contribution >= 4 is 34.2 Å². The van der Waals surface area contributed by atoms with Gasteiger partial charge in [-0.05, 0) is 24.3 Å². The number of fused-ring (bicyclic) bond motifs is 2. The molecule has 1 aromatic heterocycles. The third-order valence-corrected chi connectivity index (χ3v) is 4.53. The minimum Gasteiger partial charge on any atom is -1.00 e. The standard InChI is InChI=1S/C20H14N2O4.2Na.2H/c23-18(24)20(19(25)26)11-17(22-15-8-4-2-6-13(15)20)16-10-9-12-5-1-3-7-14(12)21-16;;;;/h1-11,22H,(H,23,24)(H,25,26);;;;/q;2*+1;2*-1. The molecule has 0 saturated heterocycles. The summed E-state index contributed by atoms with van der Waals surface area (Å²) in [4.78, 5) is 28.5. The molecule has 3 N–H and O–H groups in total. The van der Waals surface area contributed by atoms with E-state index in [2.05, 4.69) is 10.3 Å². The number of hydrogen-bond acceptors (Lipinski definition) is 4. The van der Waals surface area contributed by atoms with Crippen molar-refractivity contribution in [2.75, 3.05) is 5.32 Å². The Kier molecular flexibility index (Phi) is 7.09. The minimum atomic E-state index is -2.18. The summed E-state index contributed by atoms with van der Waals surface area (Å²) in [6.45, 7) is 0. The summed E-state index contributed by atoms with van der Waals surface area (Å²) >= 11 is 0. The van der Waals surface area contributed by atoms with Crippen LogP contribution in [-0.4, -0.2) is 27.1 Å². The van der Waals surface area contributed by atoms with Gasteiger partial charge in [0.05, 0.1) is 16.9 Å². The van der Waals surface area contributed by atoms with Crippen molar-refractivity contribution in [3.63, 3.8) is 0 Å². The molecule has 0 spiro atoms. The summed E-state index contributed by atoms with van der Waals surface area (Å²) in [6, 6.07) is 17.6. The molecule has 0 fully saturated rings. The molecule has 0 saturated carbocycles. The number of pyridine rings is 1. The van der Waals surface area contributed by atoms with Gasteiger partial charge in [-0.25, -0.2) is 4.98 Å². The van der Waals surface area contributed by atoms with Crippen LogP contribution in [0.15, 0.2) is 66.7 Å². The second kappa shape index (κ2) is 8.78. The van der Waals surface area contributed by atoms with Crippen molar-refractivity contribution in [2.45, 2.75) is 5.41 Å². The average Bonchev–Trinajstić information content (AvgIpc) is 2.66. The molecular formula is C20H16N2Na2O4. The van der Waals surface area contributed by atoms with E-state index in [-0.39, 0.29) is 67.5 Å². The fraction of sp³-hybridized carbons (Fsp3) is 0.0500. The molecular weight excluding hydrogens is 378 g/mol. The number of hydrogen-bond donors (Lipinski definition) is 3. The normalized spacial score (nSPS) is 13.8. The van der Waals surface area contributed by atoms with Gasteiger partial charge in [-0.1, -0.05) is 42.5 Å². The van der Waals surface area contributed by atoms with Crippen LogP contribution in [0.25, 0.3) is 16.6 Å². The van der Waals surface area contributed by atoms with Gasteiger partial charge in [0.2, 0.25) is 5.41 Å². The van der Waals surface area contributed by atoms with Crippen LogP contribution in [0, 0.1) is 0 Å². The number of carboxylic acid groups (broad SMARTS) is 2. The Morgan fingerprint density at radius 3 is 2.25 bits per heavy atom. The van der Waals surface area contributed by atoms with Crippen LogP contribution >= 0.6 is 0 Å². The van der Waals surface area contributed by atoms with E-state index in [0.717, 1.165) is 10.9 Å². The Balaban J connectivity index is 0.00000210. The van der Waals surface area contributed by atoms with E-state index >= 15 is 0 Å². The Labute approximate surface area is 208 Å². The maximum atomic E-state index is 12.0. The van der Waals surface area contributed by atoms with Crippen LogP contribution in [0.4, 0.5) is 5.69 Å². The fourth-order valence-corrected chi connectivity index (χ4v) is 3.21. The largest absolute Gasteiger partial charge is 1.00 e. The summed E-state index contributed by atoms with van der Waals surface area (Å²) in [5.74, 6) is -2.89. The van der Waals surface area contributed by atoms with Gasteiger partial charge in [0, 0.05) is 16.6 Å². The predicted molar refractivity (Wildman–Crippen MR) is 99.0 cm³/mol. The molecule has 1 aliphatic heterocycles. The molecule has 0 atom stereocenters. The van der Waals surface area contributed by atoms with Crippen molar-refractivity contribution in [1.82, 2.24) is 4.98 Å². The van der Waals surface area contributed by atoms with E-state index in [1.807, 2.05) is 30.3 Å².